The van der Waals surface area contributed by atoms with Gasteiger partial charge in [-0.15, -0.1) is 0 Å². The van der Waals surface area contributed by atoms with E-state index in [1.807, 2.05) is 6.07 Å². The highest BCUT2D eigenvalue weighted by atomic mass is 15.1. The summed E-state index contributed by atoms with van der Waals surface area (Å²) >= 11 is 0. The molecule has 0 radical (unpaired) electrons. The summed E-state index contributed by atoms with van der Waals surface area (Å²) in [5.41, 5.74) is 12.5. The Kier molecular flexibility index (Phi) is 5.57. The number of pyridine rings is 2. The summed E-state index contributed by atoms with van der Waals surface area (Å²) in [6, 6.07) is 27.2. The molecule has 3 aromatic carbocycles. The van der Waals surface area contributed by atoms with E-state index < -0.39 is 0 Å². The number of nitriles is 1. The minimum absolute atomic E-state index is 0.0241. The molecule has 3 heterocycles. The lowest BCUT2D eigenvalue weighted by atomic mass is 9.45. The van der Waals surface area contributed by atoms with Crippen molar-refractivity contribution in [1.82, 2.24) is 0 Å². The van der Waals surface area contributed by atoms with Gasteiger partial charge in [-0.2, -0.15) is 9.83 Å². The third-order valence-electron chi connectivity index (χ3n) is 17.1. The topological polar surface area (TPSA) is 31.5 Å². The number of hydrogen-bond donors (Lipinski definition) is 0. The van der Waals surface area contributed by atoms with E-state index >= 15 is 0 Å². The second-order valence-corrected chi connectivity index (χ2v) is 18.2. The molecule has 3 fully saturated rings. The SMILES string of the molecule is CCC1(C)c2cccc3ccc4c5c(c[n+](c4c23)C1(CC)CCCc1ccc(C#N)cc1-c1cccc[n+]1C)C1(C)CC2(C)C3(C)CC5(C)C123. The molecule has 0 saturated heterocycles. The van der Waals surface area contributed by atoms with Crippen LogP contribution in [0.2, 0.25) is 0 Å². The van der Waals surface area contributed by atoms with Crippen molar-refractivity contribution in [3.05, 3.63) is 107 Å². The van der Waals surface area contributed by atoms with Gasteiger partial charge in [-0.05, 0) is 96.2 Å². The molecule has 7 unspecified atom stereocenters. The zero-order valence-electron chi connectivity index (χ0n) is 31.3. The van der Waals surface area contributed by atoms with Gasteiger partial charge in [0.2, 0.25) is 11.2 Å². The van der Waals surface area contributed by atoms with Crippen molar-refractivity contribution in [2.24, 2.45) is 23.3 Å². The fraction of sp³-hybridized carbons (Fsp3) is 0.468. The molecule has 3 nitrogen and oxygen atoms in total. The van der Waals surface area contributed by atoms with Crippen LogP contribution in [-0.4, -0.2) is 0 Å². The van der Waals surface area contributed by atoms with Gasteiger partial charge in [0.15, 0.2) is 17.9 Å². The average Bonchev–Trinajstić information content (AvgIpc) is 3.37. The number of aryl methyl sites for hydroxylation is 2. The standard InChI is InChI=1S/C47H51N3/c1-9-41(3)35-17-13-15-32-21-22-33-39-36(42(4)28-44(6)45(7)29-43(39,5)47(42,44)45)27-50(40(33)38(32)35)46(41,10-2)23-14-16-31-20-19-30(26-48)25-34(31)37-18-11-12-24-49(37)8/h11-13,15,17-22,24-25,27H,9-10,14,16,23,28-29H2,1-8H3/q+2. The van der Waals surface area contributed by atoms with Crippen LogP contribution >= 0.6 is 0 Å². The van der Waals surface area contributed by atoms with Crippen molar-refractivity contribution in [3.8, 4) is 17.3 Å². The van der Waals surface area contributed by atoms with E-state index in [1.165, 1.54) is 45.6 Å². The second-order valence-electron chi connectivity index (χ2n) is 18.2. The maximum absolute atomic E-state index is 9.83. The molecular formula is C47H51N3+2. The van der Waals surface area contributed by atoms with Crippen molar-refractivity contribution in [2.75, 3.05) is 0 Å². The summed E-state index contributed by atoms with van der Waals surface area (Å²) in [6.45, 7) is 18.1. The number of hydrogen-bond acceptors (Lipinski definition) is 1. The van der Waals surface area contributed by atoms with E-state index in [2.05, 4.69) is 144 Å². The predicted molar refractivity (Wildman–Crippen MR) is 201 cm³/mol. The monoisotopic (exact) mass is 657 g/mol. The third kappa shape index (κ3) is 2.81. The largest absolute Gasteiger partial charge is 0.221 e. The highest BCUT2D eigenvalue weighted by Gasteiger charge is 3.06. The molecule has 3 saturated carbocycles. The van der Waals surface area contributed by atoms with Crippen LogP contribution in [-0.2, 0) is 35.3 Å². The first-order chi connectivity index (χ1) is 23.9. The molecule has 0 bridgehead atoms. The van der Waals surface area contributed by atoms with Gasteiger partial charge in [-0.1, -0.05) is 71.9 Å². The lowest BCUT2D eigenvalue weighted by molar-refractivity contribution is -0.756. The zero-order chi connectivity index (χ0) is 34.9. The average molecular weight is 658 g/mol. The smallest absolute Gasteiger partial charge is 0.201 e. The zero-order valence-corrected chi connectivity index (χ0v) is 31.3. The summed E-state index contributed by atoms with van der Waals surface area (Å²) in [4.78, 5) is 0. The highest BCUT2D eigenvalue weighted by molar-refractivity contribution is 6.08. The molecule has 2 aromatic heterocycles. The van der Waals surface area contributed by atoms with Gasteiger partial charge < -0.3 is 0 Å². The van der Waals surface area contributed by atoms with E-state index in [-0.39, 0.29) is 21.8 Å². The summed E-state index contributed by atoms with van der Waals surface area (Å²) in [5.74, 6) is 0. The third-order valence-corrected chi connectivity index (χ3v) is 17.1. The lowest BCUT2D eigenvalue weighted by Gasteiger charge is -2.57. The van der Waals surface area contributed by atoms with Crippen molar-refractivity contribution in [1.29, 1.82) is 5.26 Å². The molecule has 50 heavy (non-hydrogen) atoms. The first kappa shape index (κ1) is 30.8. The van der Waals surface area contributed by atoms with E-state index in [0.717, 1.165) is 43.4 Å². The van der Waals surface area contributed by atoms with Gasteiger partial charge in [-0.25, -0.2) is 4.57 Å². The van der Waals surface area contributed by atoms with E-state index in [0.29, 0.717) is 16.2 Å². The molecule has 4 aliphatic carbocycles. The van der Waals surface area contributed by atoms with Crippen molar-refractivity contribution < 1.29 is 9.13 Å². The van der Waals surface area contributed by atoms with E-state index in [4.69, 9.17) is 0 Å². The van der Waals surface area contributed by atoms with Crippen LogP contribution in [0.25, 0.3) is 32.9 Å². The molecule has 5 aromatic rings. The summed E-state index contributed by atoms with van der Waals surface area (Å²) in [5, 5.41) is 14.2. The van der Waals surface area contributed by atoms with Gasteiger partial charge in [0.1, 0.15) is 7.05 Å². The van der Waals surface area contributed by atoms with Crippen LogP contribution in [0.4, 0.5) is 0 Å². The van der Waals surface area contributed by atoms with Crippen LogP contribution in [0, 0.1) is 27.6 Å². The van der Waals surface area contributed by atoms with Gasteiger partial charge in [-0.3, -0.25) is 0 Å². The first-order valence-corrected chi connectivity index (χ1v) is 19.3. The maximum Gasteiger partial charge on any atom is 0.221 e. The van der Waals surface area contributed by atoms with Crippen LogP contribution in [0.15, 0.2) is 79.1 Å². The van der Waals surface area contributed by atoms with Crippen molar-refractivity contribution in [3.63, 3.8) is 0 Å². The molecule has 0 N–H and O–H groups in total. The van der Waals surface area contributed by atoms with Gasteiger partial charge in [0.05, 0.1) is 33.4 Å². The molecule has 3 heteroatoms. The number of rotatable bonds is 7. The Morgan fingerprint density at radius 3 is 2.30 bits per heavy atom. The van der Waals surface area contributed by atoms with Gasteiger partial charge in [0, 0.05) is 46.8 Å². The first-order valence-electron chi connectivity index (χ1n) is 19.3. The van der Waals surface area contributed by atoms with Crippen LogP contribution in [0.5, 0.6) is 0 Å². The van der Waals surface area contributed by atoms with E-state index in [9.17, 15) is 5.26 Å². The molecule has 1 aliphatic heterocycles. The molecule has 1 spiro atoms. The Morgan fingerprint density at radius 2 is 1.60 bits per heavy atom. The Labute approximate surface area is 298 Å². The quantitative estimate of drug-likeness (QED) is 0.127. The fourth-order valence-corrected chi connectivity index (χ4v) is 15.5. The van der Waals surface area contributed by atoms with Gasteiger partial charge >= 0.3 is 0 Å². The molecule has 0 amide bonds. The Hall–Kier alpha value is -4.03. The summed E-state index contributed by atoms with van der Waals surface area (Å²) < 4.78 is 5.07. The summed E-state index contributed by atoms with van der Waals surface area (Å²) in [6.07, 6.45) is 12.9. The minimum atomic E-state index is -0.0711. The van der Waals surface area contributed by atoms with Crippen LogP contribution in [0.1, 0.15) is 115 Å². The van der Waals surface area contributed by atoms with Crippen LogP contribution < -0.4 is 9.13 Å². The fourth-order valence-electron chi connectivity index (χ4n) is 15.5. The maximum atomic E-state index is 9.83. The number of fused-ring (bicyclic) bond motifs is 5. The molecule has 7 atom stereocenters. The minimum Gasteiger partial charge on any atom is -0.201 e. The normalized spacial score (nSPS) is 36.4. The van der Waals surface area contributed by atoms with Gasteiger partial charge in [0.25, 0.3) is 0 Å². The predicted octanol–water partition coefficient (Wildman–Crippen LogP) is 9.80. The van der Waals surface area contributed by atoms with E-state index in [1.54, 1.807) is 16.7 Å². The second kappa shape index (κ2) is 9.06. The van der Waals surface area contributed by atoms with Crippen molar-refractivity contribution in [2.45, 2.75) is 115 Å². The highest BCUT2D eigenvalue weighted by Crippen LogP contribution is 3.09. The Balaban J connectivity index is 1.17. The van der Waals surface area contributed by atoms with Crippen molar-refractivity contribution >= 4 is 21.7 Å². The number of aromatic nitrogens is 2. The number of nitrogens with zero attached hydrogens (tertiary/aromatic N) is 3. The lowest BCUT2D eigenvalue weighted by Crippen LogP contribution is -2.68. The summed E-state index contributed by atoms with van der Waals surface area (Å²) in [7, 11) is 2.11. The van der Waals surface area contributed by atoms with Crippen LogP contribution in [0.3, 0.4) is 0 Å². The Bertz CT molecular complexity index is 2410. The Morgan fingerprint density at radius 1 is 0.820 bits per heavy atom. The molecule has 252 valence electrons. The molecule has 5 aliphatic rings. The number of benzene rings is 3. The molecule has 10 rings (SSSR count). The molecular weight excluding hydrogens is 607 g/mol.